The molecule has 0 aromatic heterocycles. The summed E-state index contributed by atoms with van der Waals surface area (Å²) in [6.07, 6.45) is 1.74. The van der Waals surface area contributed by atoms with Crippen molar-refractivity contribution >= 4 is 17.8 Å². The summed E-state index contributed by atoms with van der Waals surface area (Å²) < 4.78 is 10.6. The zero-order chi connectivity index (χ0) is 20.1. The van der Waals surface area contributed by atoms with Crippen molar-refractivity contribution in [2.75, 3.05) is 13.3 Å². The minimum absolute atomic E-state index is 0.0980. The van der Waals surface area contributed by atoms with E-state index in [-0.39, 0.29) is 12.7 Å². The lowest BCUT2D eigenvalue weighted by Gasteiger charge is -2.25. The van der Waals surface area contributed by atoms with Gasteiger partial charge in [-0.15, -0.1) is 0 Å². The molecule has 1 aromatic rings. The predicted octanol–water partition coefficient (Wildman–Crippen LogP) is 0.991. The number of imide groups is 1. The van der Waals surface area contributed by atoms with E-state index >= 15 is 0 Å². The molecular weight excluding hydrogens is 364 g/mol. The van der Waals surface area contributed by atoms with E-state index in [9.17, 15) is 19.6 Å². The van der Waals surface area contributed by atoms with Gasteiger partial charge in [0.2, 0.25) is 12.7 Å². The fraction of sp³-hybridized carbons (Fsp3) is 0.474. The van der Waals surface area contributed by atoms with Gasteiger partial charge < -0.3 is 20.1 Å². The van der Waals surface area contributed by atoms with Gasteiger partial charge >= 0.3 is 6.03 Å². The van der Waals surface area contributed by atoms with Gasteiger partial charge in [0.25, 0.3) is 5.91 Å². The first-order valence-electron chi connectivity index (χ1n) is 9.03. The number of hydrogen-bond acceptors (Lipinski definition) is 6. The molecule has 0 spiro atoms. The highest BCUT2D eigenvalue weighted by Crippen LogP contribution is 2.39. The summed E-state index contributed by atoms with van der Waals surface area (Å²) in [6.45, 7) is 2.88. The largest absolute Gasteiger partial charge is 0.454 e. The van der Waals surface area contributed by atoms with Crippen LogP contribution in [0.15, 0.2) is 18.2 Å². The van der Waals surface area contributed by atoms with Crippen LogP contribution in [-0.2, 0) is 15.1 Å². The summed E-state index contributed by atoms with van der Waals surface area (Å²) >= 11 is 0. The Bertz CT molecular complexity index is 921. The first-order valence-corrected chi connectivity index (χ1v) is 9.03. The number of nitrogens with one attached hydrogen (secondary N) is 2. The molecule has 28 heavy (non-hydrogen) atoms. The molecule has 0 bridgehead atoms. The molecule has 146 valence electrons. The maximum Gasteiger partial charge on any atom is 0.325 e. The van der Waals surface area contributed by atoms with Gasteiger partial charge in [0.15, 0.2) is 11.5 Å². The molecule has 2 heterocycles. The second kappa shape index (κ2) is 6.12. The number of urea groups is 1. The van der Waals surface area contributed by atoms with Crippen molar-refractivity contribution in [1.29, 1.82) is 5.26 Å². The van der Waals surface area contributed by atoms with Crippen molar-refractivity contribution in [1.82, 2.24) is 15.5 Å². The molecule has 1 saturated carbocycles. The van der Waals surface area contributed by atoms with Gasteiger partial charge in [-0.2, -0.15) is 5.26 Å². The summed E-state index contributed by atoms with van der Waals surface area (Å²) in [6, 6.07) is 6.45. The van der Waals surface area contributed by atoms with Crippen molar-refractivity contribution in [3.63, 3.8) is 0 Å². The first-order chi connectivity index (χ1) is 13.3. The highest BCUT2D eigenvalue weighted by molar-refractivity contribution is 6.09. The van der Waals surface area contributed by atoms with Crippen molar-refractivity contribution in [3.05, 3.63) is 23.8 Å². The van der Waals surface area contributed by atoms with Crippen LogP contribution in [0.5, 0.6) is 11.5 Å². The molecule has 3 aliphatic rings. The third-order valence-electron chi connectivity index (χ3n) is 5.55. The summed E-state index contributed by atoms with van der Waals surface area (Å²) in [5.74, 6) is 0.0665. The van der Waals surface area contributed by atoms with Crippen molar-refractivity contribution in [2.24, 2.45) is 5.92 Å². The van der Waals surface area contributed by atoms with Crippen molar-refractivity contribution < 1.29 is 23.9 Å². The number of fused-ring (bicyclic) bond motifs is 1. The Morgan fingerprint density at radius 2 is 2.11 bits per heavy atom. The monoisotopic (exact) mass is 384 g/mol. The quantitative estimate of drug-likeness (QED) is 0.731. The van der Waals surface area contributed by atoms with Crippen molar-refractivity contribution in [3.8, 4) is 17.6 Å². The molecule has 1 aromatic carbocycles. The Labute approximate surface area is 161 Å². The van der Waals surface area contributed by atoms with Gasteiger partial charge in [0.05, 0.1) is 6.07 Å². The molecule has 9 nitrogen and oxygen atoms in total. The van der Waals surface area contributed by atoms with Crippen LogP contribution in [0.4, 0.5) is 4.79 Å². The number of carbonyl (C=O) groups excluding carboxylic acids is 3. The molecular formula is C19H20N4O5. The lowest BCUT2D eigenvalue weighted by Crippen LogP contribution is -2.51. The van der Waals surface area contributed by atoms with Gasteiger partial charge in [0.1, 0.15) is 17.6 Å². The van der Waals surface area contributed by atoms with Crippen molar-refractivity contribution in [2.45, 2.75) is 37.8 Å². The zero-order valence-electron chi connectivity index (χ0n) is 15.6. The molecule has 4 amide bonds. The minimum Gasteiger partial charge on any atom is -0.454 e. The van der Waals surface area contributed by atoms with E-state index in [0.717, 1.165) is 17.7 Å². The van der Waals surface area contributed by atoms with E-state index < -0.39 is 35.5 Å². The Balaban J connectivity index is 1.51. The fourth-order valence-electron chi connectivity index (χ4n) is 3.60. The normalized spacial score (nSPS) is 25.1. The van der Waals surface area contributed by atoms with Gasteiger partial charge in [-0.05, 0) is 50.3 Å². The number of nitrogens with zero attached hydrogens (tertiary/aromatic N) is 2. The Morgan fingerprint density at radius 1 is 1.39 bits per heavy atom. The van der Waals surface area contributed by atoms with E-state index in [4.69, 9.17) is 9.47 Å². The van der Waals surface area contributed by atoms with Crippen LogP contribution in [0, 0.1) is 17.2 Å². The molecule has 2 N–H and O–H groups in total. The molecule has 9 heteroatoms. The molecule has 1 saturated heterocycles. The Hall–Kier alpha value is -3.28. The molecule has 2 aliphatic heterocycles. The Morgan fingerprint density at radius 3 is 2.79 bits per heavy atom. The van der Waals surface area contributed by atoms with Gasteiger partial charge in [-0.25, -0.2) is 4.79 Å². The lowest BCUT2D eigenvalue weighted by atomic mass is 9.91. The van der Waals surface area contributed by atoms with Crippen LogP contribution in [0.1, 0.15) is 32.3 Å². The second-order valence-electron chi connectivity index (χ2n) is 7.65. The SMILES string of the molecule is C[C@]1(c2ccc3c(c2)OCO3)NC(=O)N(CC(=O)N[C@@](C)(C#N)C2CC2)C1=O. The molecule has 2 fully saturated rings. The summed E-state index contributed by atoms with van der Waals surface area (Å²) in [5.41, 5.74) is -1.79. The number of nitriles is 1. The maximum atomic E-state index is 13.0. The summed E-state index contributed by atoms with van der Waals surface area (Å²) in [7, 11) is 0. The summed E-state index contributed by atoms with van der Waals surface area (Å²) in [4.78, 5) is 38.7. The van der Waals surface area contributed by atoms with Crippen LogP contribution in [0.2, 0.25) is 0 Å². The van der Waals surface area contributed by atoms with Crippen LogP contribution in [0.3, 0.4) is 0 Å². The van der Waals surface area contributed by atoms with E-state index in [0.29, 0.717) is 17.1 Å². The number of amides is 4. The summed E-state index contributed by atoms with van der Waals surface area (Å²) in [5, 5.41) is 14.7. The van der Waals surface area contributed by atoms with Crippen LogP contribution in [0.25, 0.3) is 0 Å². The number of carbonyl (C=O) groups is 3. The lowest BCUT2D eigenvalue weighted by molar-refractivity contribution is -0.135. The maximum absolute atomic E-state index is 13.0. The smallest absolute Gasteiger partial charge is 0.325 e. The number of rotatable bonds is 5. The van der Waals surface area contributed by atoms with E-state index in [2.05, 4.69) is 16.7 Å². The first kappa shape index (κ1) is 18.1. The number of ether oxygens (including phenoxy) is 2. The number of hydrogen-bond donors (Lipinski definition) is 2. The molecule has 0 unspecified atom stereocenters. The van der Waals surface area contributed by atoms with Crippen LogP contribution >= 0.6 is 0 Å². The number of benzene rings is 1. The van der Waals surface area contributed by atoms with Gasteiger partial charge in [-0.3, -0.25) is 14.5 Å². The second-order valence-corrected chi connectivity index (χ2v) is 7.65. The third kappa shape index (κ3) is 2.81. The highest BCUT2D eigenvalue weighted by Gasteiger charge is 2.50. The van der Waals surface area contributed by atoms with E-state index in [1.54, 1.807) is 32.0 Å². The Kier molecular flexibility index (Phi) is 3.96. The third-order valence-corrected chi connectivity index (χ3v) is 5.55. The molecule has 0 radical (unpaired) electrons. The predicted molar refractivity (Wildman–Crippen MR) is 95.0 cm³/mol. The van der Waals surface area contributed by atoms with E-state index in [1.807, 2.05) is 0 Å². The average Bonchev–Trinajstić information content (AvgIpc) is 3.38. The average molecular weight is 384 g/mol. The zero-order valence-corrected chi connectivity index (χ0v) is 15.6. The molecule has 1 aliphatic carbocycles. The van der Waals surface area contributed by atoms with Crippen LogP contribution < -0.4 is 20.1 Å². The van der Waals surface area contributed by atoms with Gasteiger partial charge in [0, 0.05) is 0 Å². The van der Waals surface area contributed by atoms with E-state index in [1.165, 1.54) is 0 Å². The topological polar surface area (TPSA) is 121 Å². The standard InChI is InChI=1S/C19H20N4O5/c1-18(9-20,11-3-4-11)21-15(24)8-23-16(25)19(2,22-17(23)26)12-5-6-13-14(7-12)28-10-27-13/h5-7,11H,3-4,8,10H2,1-2H3,(H,21,24)(H,22,26)/t18-,19+/m0/s1. The van der Waals surface area contributed by atoms with Gasteiger partial charge in [-0.1, -0.05) is 6.07 Å². The minimum atomic E-state index is -1.33. The molecule has 4 rings (SSSR count). The van der Waals surface area contributed by atoms with Crippen LogP contribution in [-0.4, -0.2) is 41.6 Å². The fourth-order valence-corrected chi connectivity index (χ4v) is 3.60. The highest BCUT2D eigenvalue weighted by atomic mass is 16.7. The molecule has 2 atom stereocenters.